The van der Waals surface area contributed by atoms with Gasteiger partial charge in [-0.15, -0.1) is 0 Å². The average molecular weight is 266 g/mol. The van der Waals surface area contributed by atoms with E-state index in [4.69, 9.17) is 0 Å². The Kier molecular flexibility index (Phi) is 7.55. The lowest BCUT2D eigenvalue weighted by atomic mass is 9.95. The predicted octanol–water partition coefficient (Wildman–Crippen LogP) is 2.05. The molecule has 0 saturated heterocycles. The minimum Gasteiger partial charge on any atom is -0.390 e. The van der Waals surface area contributed by atoms with Gasteiger partial charge in [0.05, 0.1) is 12.2 Å². The van der Waals surface area contributed by atoms with Crippen molar-refractivity contribution in [1.82, 2.24) is 0 Å². The summed E-state index contributed by atoms with van der Waals surface area (Å²) in [6.45, 7) is 6.40. The first-order chi connectivity index (χ1) is 8.16. The molecule has 3 nitrogen and oxygen atoms in total. The second-order valence-corrected chi connectivity index (χ2v) is 5.46. The Bertz CT molecular complexity index is 233. The van der Waals surface area contributed by atoms with Gasteiger partial charge in [-0.2, -0.15) is 0 Å². The van der Waals surface area contributed by atoms with Gasteiger partial charge in [0.1, 0.15) is 18.1 Å². The van der Waals surface area contributed by atoms with Crippen LogP contribution >= 0.6 is 0 Å². The summed E-state index contributed by atoms with van der Waals surface area (Å²) in [6.07, 6.45) is -6.53. The molecule has 0 aromatic carbocycles. The molecule has 5 heteroatoms. The molecule has 108 valence electrons. The van der Waals surface area contributed by atoms with Crippen molar-refractivity contribution in [1.29, 1.82) is 0 Å². The Hall–Kier alpha value is -0.550. The van der Waals surface area contributed by atoms with Crippen LogP contribution in [-0.2, 0) is 4.79 Å². The van der Waals surface area contributed by atoms with Gasteiger partial charge in [-0.1, -0.05) is 27.7 Å². The average Bonchev–Trinajstić information content (AvgIpc) is 2.25. The van der Waals surface area contributed by atoms with E-state index in [2.05, 4.69) is 0 Å². The standard InChI is InChI=1S/C13H24F2O3/c1-7(2)12(14)10(17)5-9(16)6-11(18)13(15)8(3)4/h7-8,10-13,17-18H,5-6H2,1-4H3/t10-,11?,12?,13+/m0/s1. The van der Waals surface area contributed by atoms with E-state index >= 15 is 0 Å². The van der Waals surface area contributed by atoms with Crippen LogP contribution in [0.2, 0.25) is 0 Å². The first-order valence-corrected chi connectivity index (χ1v) is 6.32. The first kappa shape index (κ1) is 17.4. The van der Waals surface area contributed by atoms with Crippen molar-refractivity contribution in [2.24, 2.45) is 11.8 Å². The highest BCUT2D eigenvalue weighted by Crippen LogP contribution is 2.17. The Morgan fingerprint density at radius 2 is 1.17 bits per heavy atom. The van der Waals surface area contributed by atoms with Gasteiger partial charge in [0.25, 0.3) is 0 Å². The number of aliphatic hydroxyl groups is 2. The lowest BCUT2D eigenvalue weighted by Gasteiger charge is -2.21. The molecule has 0 heterocycles. The fourth-order valence-corrected chi connectivity index (χ4v) is 1.66. The lowest BCUT2D eigenvalue weighted by molar-refractivity contribution is -0.125. The highest BCUT2D eigenvalue weighted by atomic mass is 19.1. The molecule has 2 N–H and O–H groups in total. The largest absolute Gasteiger partial charge is 0.390 e. The van der Waals surface area contributed by atoms with Crippen molar-refractivity contribution < 1.29 is 23.8 Å². The molecule has 0 bridgehead atoms. The van der Waals surface area contributed by atoms with Gasteiger partial charge in [-0.3, -0.25) is 4.79 Å². The molecule has 18 heavy (non-hydrogen) atoms. The number of hydrogen-bond acceptors (Lipinski definition) is 3. The minimum absolute atomic E-state index is 0.387. The van der Waals surface area contributed by atoms with Crippen LogP contribution in [0.5, 0.6) is 0 Å². The normalized spacial score (nSPS) is 18.8. The fraction of sp³-hybridized carbons (Fsp3) is 0.923. The minimum atomic E-state index is -1.49. The van der Waals surface area contributed by atoms with Crippen LogP contribution in [0.1, 0.15) is 40.5 Å². The van der Waals surface area contributed by atoms with Gasteiger partial charge in [0.2, 0.25) is 0 Å². The molecule has 0 radical (unpaired) electrons. The molecule has 0 aromatic heterocycles. The van der Waals surface area contributed by atoms with E-state index in [1.807, 2.05) is 0 Å². The zero-order valence-electron chi connectivity index (χ0n) is 11.4. The zero-order chi connectivity index (χ0) is 14.5. The summed E-state index contributed by atoms with van der Waals surface area (Å²) < 4.78 is 26.7. The molecular formula is C13H24F2O3. The molecule has 0 aliphatic carbocycles. The van der Waals surface area contributed by atoms with Crippen molar-refractivity contribution in [2.45, 2.75) is 65.1 Å². The third-order valence-corrected chi connectivity index (χ3v) is 2.88. The Balaban J connectivity index is 4.19. The topological polar surface area (TPSA) is 57.5 Å². The summed E-state index contributed by atoms with van der Waals surface area (Å²) >= 11 is 0. The van der Waals surface area contributed by atoms with Gasteiger partial charge in [0.15, 0.2) is 0 Å². The second kappa shape index (κ2) is 7.79. The van der Waals surface area contributed by atoms with Crippen molar-refractivity contribution in [3.8, 4) is 0 Å². The molecule has 0 aromatic rings. The number of rotatable bonds is 8. The molecule has 0 aliphatic rings. The van der Waals surface area contributed by atoms with Crippen molar-refractivity contribution in [2.75, 3.05) is 0 Å². The fourth-order valence-electron chi connectivity index (χ4n) is 1.66. The quantitative estimate of drug-likeness (QED) is 0.707. The molecule has 0 fully saturated rings. The number of Topliss-reactive ketones (excluding diaryl/α,β-unsaturated/α-hetero) is 1. The van der Waals surface area contributed by atoms with Crippen LogP contribution in [-0.4, -0.2) is 40.5 Å². The maximum atomic E-state index is 13.4. The van der Waals surface area contributed by atoms with Crippen LogP contribution in [0.3, 0.4) is 0 Å². The SMILES string of the molecule is CC(C)C(F)[C@@H](O)CC(=O)CC(O)[C@H](F)C(C)C. The predicted molar refractivity (Wildman–Crippen MR) is 65.7 cm³/mol. The van der Waals surface area contributed by atoms with E-state index in [9.17, 15) is 23.8 Å². The van der Waals surface area contributed by atoms with Crippen molar-refractivity contribution in [3.63, 3.8) is 0 Å². The monoisotopic (exact) mass is 266 g/mol. The second-order valence-electron chi connectivity index (χ2n) is 5.46. The van der Waals surface area contributed by atoms with E-state index in [1.165, 1.54) is 0 Å². The highest BCUT2D eigenvalue weighted by molar-refractivity contribution is 5.79. The van der Waals surface area contributed by atoms with Gasteiger partial charge >= 0.3 is 0 Å². The maximum absolute atomic E-state index is 13.4. The Morgan fingerprint density at radius 1 is 0.889 bits per heavy atom. The summed E-state index contributed by atoms with van der Waals surface area (Å²) in [7, 11) is 0. The van der Waals surface area contributed by atoms with Gasteiger partial charge in [-0.25, -0.2) is 8.78 Å². The molecule has 0 rings (SSSR count). The van der Waals surface area contributed by atoms with Crippen LogP contribution < -0.4 is 0 Å². The number of carbonyl (C=O) groups is 1. The number of halogens is 2. The number of aliphatic hydroxyl groups excluding tert-OH is 2. The maximum Gasteiger partial charge on any atom is 0.138 e. The van der Waals surface area contributed by atoms with Crippen LogP contribution in [0.15, 0.2) is 0 Å². The zero-order valence-corrected chi connectivity index (χ0v) is 11.4. The van der Waals surface area contributed by atoms with E-state index in [-0.39, 0.29) is 24.7 Å². The number of hydrogen-bond donors (Lipinski definition) is 2. The Labute approximate surface area is 107 Å². The summed E-state index contributed by atoms with van der Waals surface area (Å²) in [5.41, 5.74) is 0. The number of alkyl halides is 2. The number of carbonyl (C=O) groups excluding carboxylic acids is 1. The van der Waals surface area contributed by atoms with E-state index in [1.54, 1.807) is 27.7 Å². The molecule has 0 spiro atoms. The van der Waals surface area contributed by atoms with E-state index < -0.39 is 30.3 Å². The van der Waals surface area contributed by atoms with Crippen LogP contribution in [0.4, 0.5) is 8.78 Å². The molecule has 0 aliphatic heterocycles. The lowest BCUT2D eigenvalue weighted by Crippen LogP contribution is -2.33. The summed E-state index contributed by atoms with van der Waals surface area (Å²) in [5, 5.41) is 18.9. The van der Waals surface area contributed by atoms with Crippen molar-refractivity contribution >= 4 is 5.78 Å². The molecule has 2 unspecified atom stereocenters. The summed E-state index contributed by atoms with van der Waals surface area (Å²) in [6, 6.07) is 0. The highest BCUT2D eigenvalue weighted by Gasteiger charge is 2.28. The van der Waals surface area contributed by atoms with Crippen LogP contribution in [0.25, 0.3) is 0 Å². The van der Waals surface area contributed by atoms with Gasteiger partial charge in [0, 0.05) is 12.8 Å². The van der Waals surface area contributed by atoms with Crippen LogP contribution in [0, 0.1) is 11.8 Å². The molecule has 0 amide bonds. The summed E-state index contributed by atoms with van der Waals surface area (Å²) in [5.74, 6) is -1.30. The molecular weight excluding hydrogens is 242 g/mol. The first-order valence-electron chi connectivity index (χ1n) is 6.32. The summed E-state index contributed by atoms with van der Waals surface area (Å²) in [4.78, 5) is 11.5. The van der Waals surface area contributed by atoms with Gasteiger partial charge in [-0.05, 0) is 11.8 Å². The Morgan fingerprint density at radius 3 is 1.39 bits per heavy atom. The van der Waals surface area contributed by atoms with E-state index in [0.717, 1.165) is 0 Å². The van der Waals surface area contributed by atoms with E-state index in [0.29, 0.717) is 0 Å². The molecule has 0 saturated carbocycles. The third-order valence-electron chi connectivity index (χ3n) is 2.88. The third kappa shape index (κ3) is 5.87. The van der Waals surface area contributed by atoms with Crippen molar-refractivity contribution in [3.05, 3.63) is 0 Å². The smallest absolute Gasteiger partial charge is 0.138 e. The van der Waals surface area contributed by atoms with Gasteiger partial charge < -0.3 is 10.2 Å². The number of ketones is 1. The molecule has 4 atom stereocenters.